The number of benzene rings is 2. The second-order valence-electron chi connectivity index (χ2n) is 9.03. The topological polar surface area (TPSA) is 170 Å². The highest BCUT2D eigenvalue weighted by atomic mass is 19.1. The highest BCUT2D eigenvalue weighted by Crippen LogP contribution is 2.32. The lowest BCUT2D eigenvalue weighted by Gasteiger charge is -2.43. The number of rotatable bonds is 11. The molecule has 0 bridgehead atoms. The summed E-state index contributed by atoms with van der Waals surface area (Å²) in [6, 6.07) is 8.64. The van der Waals surface area contributed by atoms with Crippen LogP contribution in [0.1, 0.15) is 38.1 Å². The predicted octanol–water partition coefficient (Wildman–Crippen LogP) is 2.25. The number of esters is 4. The molecule has 0 aromatic heterocycles. The van der Waals surface area contributed by atoms with Gasteiger partial charge in [0.25, 0.3) is 0 Å². The number of carbonyl (C=O) groups is 5. The Balaban J connectivity index is 1.86. The highest BCUT2D eigenvalue weighted by molar-refractivity contribution is 5.99. The SMILES string of the molecule is CC(=O)OC[C@H]1O[C@@H](Oc2ccc(C(=O)COc3ccc(F)cc3)c(O)c2)[C@@H](OC(C)=O)[C@H](OC(C)=O)[C@@H]1OC(C)=O. The first-order valence-corrected chi connectivity index (χ1v) is 12.6. The number of hydrogen-bond donors (Lipinski definition) is 1. The molecule has 0 radical (unpaired) electrons. The van der Waals surface area contributed by atoms with Gasteiger partial charge in [0.1, 0.15) is 35.8 Å². The second-order valence-corrected chi connectivity index (χ2v) is 9.03. The molecule has 1 fully saturated rings. The third kappa shape index (κ3) is 8.89. The summed E-state index contributed by atoms with van der Waals surface area (Å²) >= 11 is 0. The Morgan fingerprint density at radius 1 is 0.786 bits per heavy atom. The van der Waals surface area contributed by atoms with Crippen LogP contribution in [0.5, 0.6) is 17.2 Å². The molecule has 0 amide bonds. The van der Waals surface area contributed by atoms with Crippen molar-refractivity contribution in [2.45, 2.75) is 58.4 Å². The summed E-state index contributed by atoms with van der Waals surface area (Å²) in [6.07, 6.45) is -7.08. The fourth-order valence-corrected chi connectivity index (χ4v) is 4.00. The number of aromatic hydroxyl groups is 1. The van der Waals surface area contributed by atoms with Gasteiger partial charge < -0.3 is 38.3 Å². The molecule has 226 valence electrons. The van der Waals surface area contributed by atoms with Gasteiger partial charge in [-0.25, -0.2) is 4.39 Å². The van der Waals surface area contributed by atoms with Gasteiger partial charge in [0.05, 0.1) is 5.56 Å². The zero-order valence-corrected chi connectivity index (χ0v) is 23.1. The van der Waals surface area contributed by atoms with Crippen molar-refractivity contribution in [3.05, 3.63) is 53.8 Å². The van der Waals surface area contributed by atoms with E-state index in [1.54, 1.807) is 0 Å². The minimum atomic E-state index is -1.53. The molecule has 14 heteroatoms. The summed E-state index contributed by atoms with van der Waals surface area (Å²) < 4.78 is 51.1. The van der Waals surface area contributed by atoms with Crippen molar-refractivity contribution < 1.29 is 66.6 Å². The Bertz CT molecular complexity index is 1310. The van der Waals surface area contributed by atoms with Gasteiger partial charge in [-0.1, -0.05) is 0 Å². The maximum absolute atomic E-state index is 13.1. The van der Waals surface area contributed by atoms with Crippen LogP contribution in [0.4, 0.5) is 4.39 Å². The van der Waals surface area contributed by atoms with Gasteiger partial charge >= 0.3 is 23.9 Å². The maximum Gasteiger partial charge on any atom is 0.303 e. The molecule has 2 aromatic rings. The molecule has 1 aliphatic heterocycles. The van der Waals surface area contributed by atoms with Gasteiger partial charge in [-0.05, 0) is 36.4 Å². The quantitative estimate of drug-likeness (QED) is 0.229. The molecule has 42 heavy (non-hydrogen) atoms. The van der Waals surface area contributed by atoms with Crippen LogP contribution >= 0.6 is 0 Å². The zero-order valence-electron chi connectivity index (χ0n) is 23.1. The molecule has 2 aromatic carbocycles. The molecular formula is C28H29FO13. The minimum absolute atomic E-state index is 0.0654. The van der Waals surface area contributed by atoms with Gasteiger partial charge in [-0.15, -0.1) is 0 Å². The van der Waals surface area contributed by atoms with Crippen LogP contribution in [-0.2, 0) is 42.9 Å². The normalized spacial score (nSPS) is 21.4. The van der Waals surface area contributed by atoms with Gasteiger partial charge in [0.15, 0.2) is 18.8 Å². The van der Waals surface area contributed by atoms with E-state index in [9.17, 15) is 33.5 Å². The molecule has 1 N–H and O–H groups in total. The van der Waals surface area contributed by atoms with Crippen LogP contribution < -0.4 is 9.47 Å². The van der Waals surface area contributed by atoms with Crippen molar-refractivity contribution in [3.63, 3.8) is 0 Å². The molecule has 1 aliphatic rings. The second kappa shape index (κ2) is 14.3. The number of halogens is 1. The van der Waals surface area contributed by atoms with Crippen molar-refractivity contribution in [1.82, 2.24) is 0 Å². The molecule has 0 spiro atoms. The average Bonchev–Trinajstić information content (AvgIpc) is 2.89. The molecular weight excluding hydrogens is 563 g/mol. The Morgan fingerprint density at radius 2 is 1.36 bits per heavy atom. The van der Waals surface area contributed by atoms with E-state index in [2.05, 4.69) is 0 Å². The first-order chi connectivity index (χ1) is 19.8. The standard InChI is InChI=1S/C28H29FO13/c1-14(30)36-13-24-25(38-15(2)31)26(39-16(3)32)27(40-17(4)33)28(42-24)41-20-9-10-21(22(34)11-20)23(35)12-37-19-7-5-18(29)6-8-19/h5-11,24-28,34H,12-13H2,1-4H3/t24-,25-,26-,27+,28-/m1/s1. The van der Waals surface area contributed by atoms with Crippen LogP contribution in [-0.4, -0.2) is 78.7 Å². The molecule has 0 unspecified atom stereocenters. The van der Waals surface area contributed by atoms with E-state index >= 15 is 0 Å². The summed E-state index contributed by atoms with van der Waals surface area (Å²) in [4.78, 5) is 59.8. The Labute approximate surface area is 239 Å². The van der Waals surface area contributed by atoms with Crippen LogP contribution in [0, 0.1) is 5.82 Å². The smallest absolute Gasteiger partial charge is 0.303 e. The van der Waals surface area contributed by atoms with E-state index in [1.807, 2.05) is 0 Å². The van der Waals surface area contributed by atoms with Crippen LogP contribution in [0.3, 0.4) is 0 Å². The van der Waals surface area contributed by atoms with Gasteiger partial charge in [0.2, 0.25) is 18.2 Å². The first kappa shape index (κ1) is 31.8. The summed E-state index contributed by atoms with van der Waals surface area (Å²) in [7, 11) is 0. The van der Waals surface area contributed by atoms with Gasteiger partial charge in [-0.3, -0.25) is 24.0 Å². The molecule has 1 heterocycles. The Morgan fingerprint density at radius 3 is 1.93 bits per heavy atom. The largest absolute Gasteiger partial charge is 0.507 e. The fourth-order valence-electron chi connectivity index (χ4n) is 4.00. The predicted molar refractivity (Wildman–Crippen MR) is 137 cm³/mol. The van der Waals surface area contributed by atoms with Crippen molar-refractivity contribution >= 4 is 29.7 Å². The molecule has 0 aliphatic carbocycles. The molecule has 0 saturated carbocycles. The number of phenolic OH excluding ortho intramolecular Hbond substituents is 1. The number of Topliss-reactive ketones (excluding diaryl/α,β-unsaturated/α-hetero) is 1. The summed E-state index contributed by atoms with van der Waals surface area (Å²) in [5, 5.41) is 10.5. The molecule has 5 atom stereocenters. The lowest BCUT2D eigenvalue weighted by Crippen LogP contribution is -2.63. The third-order valence-electron chi connectivity index (χ3n) is 5.65. The van der Waals surface area contributed by atoms with E-state index in [-0.39, 0.29) is 17.1 Å². The molecule has 13 nitrogen and oxygen atoms in total. The molecule has 3 rings (SSSR count). The van der Waals surface area contributed by atoms with E-state index in [0.29, 0.717) is 0 Å². The zero-order chi connectivity index (χ0) is 31.0. The van der Waals surface area contributed by atoms with E-state index in [0.717, 1.165) is 45.9 Å². The highest BCUT2D eigenvalue weighted by Gasteiger charge is 2.53. The fraction of sp³-hybridized carbons (Fsp3) is 0.393. The Hall–Kier alpha value is -4.72. The monoisotopic (exact) mass is 592 g/mol. The number of phenols is 1. The molecule has 1 saturated heterocycles. The average molecular weight is 593 g/mol. The first-order valence-electron chi connectivity index (χ1n) is 12.6. The number of carbonyl (C=O) groups excluding carboxylic acids is 5. The van der Waals surface area contributed by atoms with Crippen LogP contribution in [0.2, 0.25) is 0 Å². The number of ketones is 1. The number of ether oxygens (including phenoxy) is 7. The Kier molecular flexibility index (Phi) is 10.8. The number of hydrogen-bond acceptors (Lipinski definition) is 13. The van der Waals surface area contributed by atoms with Crippen molar-refractivity contribution in [2.75, 3.05) is 13.2 Å². The summed E-state index contributed by atoms with van der Waals surface area (Å²) in [5.74, 6) is -4.50. The lowest BCUT2D eigenvalue weighted by molar-refractivity contribution is -0.288. The minimum Gasteiger partial charge on any atom is -0.507 e. The van der Waals surface area contributed by atoms with Crippen molar-refractivity contribution in [1.29, 1.82) is 0 Å². The van der Waals surface area contributed by atoms with Gasteiger partial charge in [0, 0.05) is 33.8 Å². The van der Waals surface area contributed by atoms with E-state index in [1.165, 1.54) is 24.3 Å². The maximum atomic E-state index is 13.1. The summed E-state index contributed by atoms with van der Waals surface area (Å²) in [5.41, 5.74) is -0.119. The van der Waals surface area contributed by atoms with Crippen LogP contribution in [0.25, 0.3) is 0 Å². The lowest BCUT2D eigenvalue weighted by atomic mass is 9.98. The van der Waals surface area contributed by atoms with Crippen molar-refractivity contribution in [2.24, 2.45) is 0 Å². The third-order valence-corrected chi connectivity index (χ3v) is 5.65. The summed E-state index contributed by atoms with van der Waals surface area (Å²) in [6.45, 7) is 3.47. The van der Waals surface area contributed by atoms with Gasteiger partial charge in [-0.2, -0.15) is 0 Å². The van der Waals surface area contributed by atoms with E-state index < -0.39 is 85.1 Å². The van der Waals surface area contributed by atoms with E-state index in [4.69, 9.17) is 33.2 Å². The van der Waals surface area contributed by atoms with Crippen LogP contribution in [0.15, 0.2) is 42.5 Å². The van der Waals surface area contributed by atoms with Crippen molar-refractivity contribution in [3.8, 4) is 17.2 Å².